The molecule has 0 saturated carbocycles. The molecule has 3 rings (SSSR count). The van der Waals surface area contributed by atoms with E-state index in [4.69, 9.17) is 0 Å². The second-order valence-electron chi connectivity index (χ2n) is 11.4. The number of amides is 2. The summed E-state index contributed by atoms with van der Waals surface area (Å²) in [6.45, 7) is 13.8. The van der Waals surface area contributed by atoms with E-state index in [0.717, 1.165) is 24.2 Å². The minimum absolute atomic E-state index is 0.0220. The molecule has 3 heterocycles. The molecule has 0 aliphatic carbocycles. The number of anilines is 1. The lowest BCUT2D eigenvalue weighted by Crippen LogP contribution is -2.47. The Bertz CT molecular complexity index is 1140. The lowest BCUT2D eigenvalue weighted by atomic mass is 9.97. The van der Waals surface area contributed by atoms with Gasteiger partial charge in [-0.1, -0.05) is 20.8 Å². The number of likely N-dealkylation sites (tertiary alicyclic amines) is 1. The molecule has 1 saturated heterocycles. The van der Waals surface area contributed by atoms with Gasteiger partial charge in [0.15, 0.2) is 5.01 Å². The summed E-state index contributed by atoms with van der Waals surface area (Å²) in [6, 6.07) is 0.650. The molecule has 204 valence electrons. The van der Waals surface area contributed by atoms with Crippen LogP contribution in [0.15, 0.2) is 12.3 Å². The highest BCUT2D eigenvalue weighted by Crippen LogP contribution is 2.39. The van der Waals surface area contributed by atoms with Crippen molar-refractivity contribution in [1.29, 1.82) is 0 Å². The van der Waals surface area contributed by atoms with E-state index in [1.807, 2.05) is 27.7 Å². The molecule has 1 fully saturated rings. The van der Waals surface area contributed by atoms with Crippen molar-refractivity contribution in [2.45, 2.75) is 85.4 Å². The van der Waals surface area contributed by atoms with Gasteiger partial charge in [-0.05, 0) is 52.0 Å². The summed E-state index contributed by atoms with van der Waals surface area (Å²) in [5, 5.41) is 15.9. The average Bonchev–Trinajstić information content (AvgIpc) is 3.42. The van der Waals surface area contributed by atoms with Gasteiger partial charge in [0.1, 0.15) is 11.5 Å². The van der Waals surface area contributed by atoms with Crippen LogP contribution in [0.3, 0.4) is 0 Å². The Labute approximate surface area is 220 Å². The SMILES string of the molecule is CC1CCCN1C(=O)c1nc(C(=O)NC(C)C(C)(C)O)sc1-c1cnc(NCC(C)(C)C)cc1C(F)F. The van der Waals surface area contributed by atoms with E-state index in [-0.39, 0.29) is 38.2 Å². The fourth-order valence-corrected chi connectivity index (χ4v) is 4.84. The first-order valence-corrected chi connectivity index (χ1v) is 13.3. The number of thiazole rings is 1. The van der Waals surface area contributed by atoms with Crippen molar-refractivity contribution in [2.24, 2.45) is 5.41 Å². The van der Waals surface area contributed by atoms with Crippen molar-refractivity contribution in [3.05, 3.63) is 28.5 Å². The smallest absolute Gasteiger partial charge is 0.280 e. The third-order valence-electron chi connectivity index (χ3n) is 6.46. The third-order valence-corrected chi connectivity index (χ3v) is 7.55. The molecule has 1 aliphatic rings. The van der Waals surface area contributed by atoms with Crippen LogP contribution in [0, 0.1) is 5.41 Å². The zero-order valence-electron chi connectivity index (χ0n) is 22.5. The van der Waals surface area contributed by atoms with Crippen LogP contribution in [-0.4, -0.2) is 62.6 Å². The molecule has 2 aromatic heterocycles. The first-order valence-electron chi connectivity index (χ1n) is 12.5. The van der Waals surface area contributed by atoms with Gasteiger partial charge < -0.3 is 20.6 Å². The fraction of sp³-hybridized carbons (Fsp3) is 0.615. The van der Waals surface area contributed by atoms with Gasteiger partial charge in [-0.3, -0.25) is 9.59 Å². The average molecular weight is 538 g/mol. The van der Waals surface area contributed by atoms with E-state index in [2.05, 4.69) is 20.6 Å². The molecule has 2 aromatic rings. The van der Waals surface area contributed by atoms with Crippen LogP contribution in [0.2, 0.25) is 0 Å². The van der Waals surface area contributed by atoms with Gasteiger partial charge in [-0.15, -0.1) is 11.3 Å². The molecule has 0 radical (unpaired) electrons. The maximum atomic E-state index is 14.3. The van der Waals surface area contributed by atoms with Gasteiger partial charge in [0.2, 0.25) is 0 Å². The second-order valence-corrected chi connectivity index (χ2v) is 12.4. The molecule has 1 aliphatic heterocycles. The number of halogens is 2. The van der Waals surface area contributed by atoms with Gasteiger partial charge in [0, 0.05) is 36.5 Å². The number of hydrogen-bond acceptors (Lipinski definition) is 7. The van der Waals surface area contributed by atoms with Crippen molar-refractivity contribution in [1.82, 2.24) is 20.2 Å². The summed E-state index contributed by atoms with van der Waals surface area (Å²) in [5.74, 6) is -0.693. The van der Waals surface area contributed by atoms with Crippen LogP contribution < -0.4 is 10.6 Å². The highest BCUT2D eigenvalue weighted by atomic mass is 32.1. The lowest BCUT2D eigenvalue weighted by Gasteiger charge is -2.26. The summed E-state index contributed by atoms with van der Waals surface area (Å²) >= 11 is 0.871. The van der Waals surface area contributed by atoms with Crippen molar-refractivity contribution >= 4 is 29.0 Å². The number of nitrogens with one attached hydrogen (secondary N) is 2. The standard InChI is InChI=1S/C26H37F2N5O3S/c1-14-9-8-10-33(14)24(35)19-20(37-23(32-19)22(34)31-15(2)26(6,7)36)17-12-29-18(11-16(17)21(27)28)30-13-25(3,4)5/h11-12,14-15,21,36H,8-10,13H2,1-7H3,(H,29,30)(H,31,34). The molecular weight excluding hydrogens is 500 g/mol. The molecule has 0 aromatic carbocycles. The Kier molecular flexibility index (Phi) is 8.58. The number of pyridine rings is 1. The van der Waals surface area contributed by atoms with Crippen LogP contribution >= 0.6 is 11.3 Å². The van der Waals surface area contributed by atoms with Gasteiger partial charge in [-0.25, -0.2) is 18.7 Å². The zero-order valence-corrected chi connectivity index (χ0v) is 23.3. The quantitative estimate of drug-likeness (QED) is 0.432. The maximum Gasteiger partial charge on any atom is 0.280 e. The predicted octanol–water partition coefficient (Wildman–Crippen LogP) is 5.11. The van der Waals surface area contributed by atoms with Gasteiger partial charge >= 0.3 is 0 Å². The van der Waals surface area contributed by atoms with Crippen LogP contribution in [0.4, 0.5) is 14.6 Å². The van der Waals surface area contributed by atoms with Crippen LogP contribution in [0.25, 0.3) is 10.4 Å². The molecule has 2 atom stereocenters. The van der Waals surface area contributed by atoms with Crippen molar-refractivity contribution < 1.29 is 23.5 Å². The Hall–Kier alpha value is -2.66. The van der Waals surface area contributed by atoms with E-state index in [9.17, 15) is 23.5 Å². The Morgan fingerprint density at radius 1 is 1.27 bits per heavy atom. The summed E-state index contributed by atoms with van der Waals surface area (Å²) in [5.41, 5.74) is -1.55. The number of aliphatic hydroxyl groups is 1. The first kappa shape index (κ1) is 28.9. The van der Waals surface area contributed by atoms with Crippen LogP contribution in [0.5, 0.6) is 0 Å². The third kappa shape index (κ3) is 7.01. The molecule has 8 nitrogen and oxygen atoms in total. The largest absolute Gasteiger partial charge is 0.388 e. The molecule has 11 heteroatoms. The number of carbonyl (C=O) groups excluding carboxylic acids is 2. The topological polar surface area (TPSA) is 107 Å². The second kappa shape index (κ2) is 11.0. The van der Waals surface area contributed by atoms with Gasteiger partial charge in [0.25, 0.3) is 18.2 Å². The highest BCUT2D eigenvalue weighted by molar-refractivity contribution is 7.17. The van der Waals surface area contributed by atoms with E-state index in [1.165, 1.54) is 12.3 Å². The summed E-state index contributed by atoms with van der Waals surface area (Å²) in [6.07, 6.45) is 0.141. The summed E-state index contributed by atoms with van der Waals surface area (Å²) < 4.78 is 28.5. The number of alkyl halides is 2. The Morgan fingerprint density at radius 2 is 1.95 bits per heavy atom. The monoisotopic (exact) mass is 537 g/mol. The zero-order chi connectivity index (χ0) is 27.7. The molecule has 0 spiro atoms. The van der Waals surface area contributed by atoms with Crippen LogP contribution in [-0.2, 0) is 0 Å². The Balaban J connectivity index is 2.07. The Morgan fingerprint density at radius 3 is 2.49 bits per heavy atom. The minimum atomic E-state index is -2.84. The molecule has 37 heavy (non-hydrogen) atoms. The molecule has 0 bridgehead atoms. The van der Waals surface area contributed by atoms with Crippen molar-refractivity contribution in [3.8, 4) is 10.4 Å². The summed E-state index contributed by atoms with van der Waals surface area (Å²) in [7, 11) is 0. The first-order chi connectivity index (χ1) is 17.1. The van der Waals surface area contributed by atoms with E-state index >= 15 is 0 Å². The predicted molar refractivity (Wildman–Crippen MR) is 141 cm³/mol. The molecule has 2 unspecified atom stereocenters. The normalized spacial score (nSPS) is 17.3. The molecule has 2 amide bonds. The number of carbonyl (C=O) groups is 2. The van der Waals surface area contributed by atoms with E-state index < -0.39 is 29.9 Å². The molecular formula is C26H37F2N5O3S. The number of rotatable bonds is 8. The van der Waals surface area contributed by atoms with Crippen molar-refractivity contribution in [3.63, 3.8) is 0 Å². The van der Waals surface area contributed by atoms with Gasteiger partial charge in [0.05, 0.1) is 16.5 Å². The minimum Gasteiger partial charge on any atom is -0.388 e. The number of hydrogen-bond donors (Lipinski definition) is 3. The summed E-state index contributed by atoms with van der Waals surface area (Å²) in [4.78, 5) is 37.0. The lowest BCUT2D eigenvalue weighted by molar-refractivity contribution is 0.0408. The fourth-order valence-electron chi connectivity index (χ4n) is 3.84. The highest BCUT2D eigenvalue weighted by Gasteiger charge is 2.34. The van der Waals surface area contributed by atoms with E-state index in [1.54, 1.807) is 25.7 Å². The molecule has 3 N–H and O–H groups in total. The number of nitrogens with zero attached hydrogens (tertiary/aromatic N) is 3. The van der Waals surface area contributed by atoms with Gasteiger partial charge in [-0.2, -0.15) is 0 Å². The van der Waals surface area contributed by atoms with Crippen LogP contribution in [0.1, 0.15) is 93.6 Å². The van der Waals surface area contributed by atoms with E-state index in [0.29, 0.717) is 18.9 Å². The van der Waals surface area contributed by atoms with Crippen molar-refractivity contribution in [2.75, 3.05) is 18.4 Å². The number of aromatic nitrogens is 2. The maximum absolute atomic E-state index is 14.3.